The second-order valence-corrected chi connectivity index (χ2v) is 5.90. The third-order valence-electron chi connectivity index (χ3n) is 1.21. The van der Waals surface area contributed by atoms with Crippen molar-refractivity contribution in [2.75, 3.05) is 0 Å². The Morgan fingerprint density at radius 2 is 1.31 bits per heavy atom. The molecule has 0 aromatic heterocycles. The number of hydrogen-bond donors (Lipinski definition) is 1. The third kappa shape index (κ3) is 4.77. The predicted molar refractivity (Wildman–Crippen MR) is 53.7 cm³/mol. The van der Waals surface area contributed by atoms with Crippen LogP contribution in [0.1, 0.15) is 34.6 Å². The van der Waals surface area contributed by atoms with E-state index < -0.39 is 13.4 Å². The van der Waals surface area contributed by atoms with Crippen LogP contribution in [0.4, 0.5) is 0 Å². The summed E-state index contributed by atoms with van der Waals surface area (Å²) < 4.78 is 22.4. The molecule has 0 aromatic rings. The van der Waals surface area contributed by atoms with Crippen molar-refractivity contribution in [3.8, 4) is 0 Å². The van der Waals surface area contributed by atoms with E-state index in [9.17, 15) is 4.57 Å². The van der Waals surface area contributed by atoms with Crippen LogP contribution in [0.2, 0.25) is 0 Å². The van der Waals surface area contributed by atoms with Gasteiger partial charge in [0.2, 0.25) is 0 Å². The average Bonchev–Trinajstić information content (AvgIpc) is 1.82. The van der Waals surface area contributed by atoms with Crippen LogP contribution in [-0.4, -0.2) is 18.0 Å². The molecule has 0 amide bonds. The Morgan fingerprint density at radius 3 is 1.46 bits per heavy atom. The van der Waals surface area contributed by atoms with Crippen LogP contribution < -0.4 is 5.73 Å². The Kier molecular flexibility index (Phi) is 5.15. The van der Waals surface area contributed by atoms with Crippen LogP contribution in [-0.2, 0) is 13.6 Å². The van der Waals surface area contributed by atoms with Gasteiger partial charge in [0.05, 0.1) is 12.2 Å². The van der Waals surface area contributed by atoms with Gasteiger partial charge in [0.1, 0.15) is 5.78 Å². The summed E-state index contributed by atoms with van der Waals surface area (Å²) in [4.78, 5) is 0. The van der Waals surface area contributed by atoms with E-state index in [0.717, 1.165) is 0 Å². The van der Waals surface area contributed by atoms with E-state index in [4.69, 9.17) is 14.8 Å². The summed E-state index contributed by atoms with van der Waals surface area (Å²) >= 11 is 0. The summed E-state index contributed by atoms with van der Waals surface area (Å²) in [5, 5.41) is 0. The van der Waals surface area contributed by atoms with Gasteiger partial charge in [-0.3, -0.25) is 4.57 Å². The molecule has 0 fully saturated rings. The van der Waals surface area contributed by atoms with Crippen molar-refractivity contribution in [3.05, 3.63) is 0 Å². The molecular formula is C8H20NO3P. The first-order valence-electron chi connectivity index (χ1n) is 4.50. The fourth-order valence-corrected chi connectivity index (χ4v) is 2.41. The molecule has 0 unspecified atom stereocenters. The van der Waals surface area contributed by atoms with Crippen molar-refractivity contribution in [3.63, 3.8) is 0 Å². The summed E-state index contributed by atoms with van der Waals surface area (Å²) in [5.41, 5.74) is 5.55. The summed E-state index contributed by atoms with van der Waals surface area (Å²) in [6, 6.07) is 0. The minimum Gasteiger partial charge on any atom is -0.318 e. The van der Waals surface area contributed by atoms with Crippen molar-refractivity contribution in [1.82, 2.24) is 0 Å². The van der Waals surface area contributed by atoms with E-state index in [1.54, 1.807) is 34.6 Å². The topological polar surface area (TPSA) is 61.5 Å². The molecule has 0 aliphatic carbocycles. The van der Waals surface area contributed by atoms with Crippen molar-refractivity contribution in [2.45, 2.75) is 52.6 Å². The Morgan fingerprint density at radius 1 is 1.00 bits per heavy atom. The minimum atomic E-state index is -3.13. The van der Waals surface area contributed by atoms with Crippen molar-refractivity contribution in [1.29, 1.82) is 0 Å². The highest BCUT2D eigenvalue weighted by Gasteiger charge is 2.32. The van der Waals surface area contributed by atoms with E-state index in [-0.39, 0.29) is 12.2 Å². The lowest BCUT2D eigenvalue weighted by atomic mass is 10.5. The lowest BCUT2D eigenvalue weighted by Crippen LogP contribution is -2.22. The van der Waals surface area contributed by atoms with Gasteiger partial charge in [-0.25, -0.2) is 0 Å². The first kappa shape index (κ1) is 13.1. The van der Waals surface area contributed by atoms with Crippen molar-refractivity contribution >= 4 is 7.60 Å². The van der Waals surface area contributed by atoms with Crippen LogP contribution in [0.5, 0.6) is 0 Å². The lowest BCUT2D eigenvalue weighted by Gasteiger charge is -2.25. The summed E-state index contributed by atoms with van der Waals surface area (Å²) in [5.74, 6) is -0.586. The number of nitrogens with two attached hydrogens (primary N) is 1. The van der Waals surface area contributed by atoms with Crippen molar-refractivity contribution in [2.24, 2.45) is 5.73 Å². The van der Waals surface area contributed by atoms with E-state index in [2.05, 4.69) is 0 Å². The summed E-state index contributed by atoms with van der Waals surface area (Å²) in [6.45, 7) is 8.85. The van der Waals surface area contributed by atoms with Gasteiger partial charge in [-0.15, -0.1) is 0 Å². The average molecular weight is 209 g/mol. The molecule has 0 aliphatic rings. The zero-order valence-electron chi connectivity index (χ0n) is 8.98. The first-order valence-corrected chi connectivity index (χ1v) is 6.11. The van der Waals surface area contributed by atoms with E-state index >= 15 is 0 Å². The van der Waals surface area contributed by atoms with E-state index in [1.807, 2.05) is 0 Å². The Bertz CT molecular complexity index is 178. The van der Waals surface area contributed by atoms with Crippen LogP contribution in [0.25, 0.3) is 0 Å². The second-order valence-electron chi connectivity index (χ2n) is 3.59. The Labute approximate surface area is 80.3 Å². The Hall–Kier alpha value is 0.110. The maximum Gasteiger partial charge on any atom is 0.347 e. The molecule has 2 N–H and O–H groups in total. The zero-order chi connectivity index (χ0) is 10.6. The molecule has 0 spiro atoms. The predicted octanol–water partition coefficient (Wildman–Crippen LogP) is 2.33. The molecular weight excluding hydrogens is 189 g/mol. The fraction of sp³-hybridized carbons (Fsp3) is 1.00. The molecule has 0 bridgehead atoms. The molecule has 4 nitrogen and oxygen atoms in total. The highest BCUT2D eigenvalue weighted by atomic mass is 31.2. The van der Waals surface area contributed by atoms with Gasteiger partial charge < -0.3 is 14.8 Å². The largest absolute Gasteiger partial charge is 0.347 e. The Balaban J connectivity index is 4.45. The molecule has 1 atom stereocenters. The SMILES string of the molecule is CC(C)OP(=O)(OC(C)C)[C@H](C)N. The maximum absolute atomic E-state index is 12.0. The number of rotatable bonds is 5. The molecule has 0 saturated carbocycles. The first-order chi connectivity index (χ1) is 5.78. The van der Waals surface area contributed by atoms with Crippen LogP contribution in [0, 0.1) is 0 Å². The molecule has 0 radical (unpaired) electrons. The van der Waals surface area contributed by atoms with Crippen LogP contribution in [0.3, 0.4) is 0 Å². The zero-order valence-corrected chi connectivity index (χ0v) is 9.88. The molecule has 0 saturated heterocycles. The molecule has 0 heterocycles. The van der Waals surface area contributed by atoms with Gasteiger partial charge in [0, 0.05) is 0 Å². The minimum absolute atomic E-state index is 0.143. The molecule has 0 aromatic carbocycles. The fourth-order valence-electron chi connectivity index (χ4n) is 0.805. The van der Waals surface area contributed by atoms with Crippen LogP contribution in [0.15, 0.2) is 0 Å². The standard InChI is InChI=1S/C8H20NO3P/c1-6(2)11-13(10,8(5)9)12-7(3)4/h6-8H,9H2,1-5H3/t8-/m1/s1. The van der Waals surface area contributed by atoms with Gasteiger partial charge in [0.15, 0.2) is 0 Å². The molecule has 0 rings (SSSR count). The summed E-state index contributed by atoms with van der Waals surface area (Å²) in [7, 11) is -3.13. The highest BCUT2D eigenvalue weighted by molar-refractivity contribution is 7.54. The van der Waals surface area contributed by atoms with Gasteiger partial charge in [-0.2, -0.15) is 0 Å². The normalized spacial score (nSPS) is 15.4. The maximum atomic E-state index is 12.0. The molecule has 80 valence electrons. The van der Waals surface area contributed by atoms with Gasteiger partial charge in [-0.1, -0.05) is 0 Å². The molecule has 13 heavy (non-hydrogen) atoms. The number of hydrogen-bond acceptors (Lipinski definition) is 4. The quantitative estimate of drug-likeness (QED) is 0.706. The summed E-state index contributed by atoms with van der Waals surface area (Å²) in [6.07, 6.45) is -0.286. The van der Waals surface area contributed by atoms with E-state index in [1.165, 1.54) is 0 Å². The van der Waals surface area contributed by atoms with Crippen molar-refractivity contribution < 1.29 is 13.6 Å². The van der Waals surface area contributed by atoms with Gasteiger partial charge in [-0.05, 0) is 34.6 Å². The van der Waals surface area contributed by atoms with E-state index in [0.29, 0.717) is 0 Å². The monoisotopic (exact) mass is 209 g/mol. The molecule has 0 aliphatic heterocycles. The second kappa shape index (κ2) is 5.11. The molecule has 5 heteroatoms. The van der Waals surface area contributed by atoms with Crippen LogP contribution >= 0.6 is 7.60 Å². The lowest BCUT2D eigenvalue weighted by molar-refractivity contribution is 0.137. The third-order valence-corrected chi connectivity index (χ3v) is 3.64. The van der Waals surface area contributed by atoms with Gasteiger partial charge in [0.25, 0.3) is 0 Å². The highest BCUT2D eigenvalue weighted by Crippen LogP contribution is 2.52. The smallest absolute Gasteiger partial charge is 0.318 e. The van der Waals surface area contributed by atoms with Gasteiger partial charge >= 0.3 is 7.60 Å².